The van der Waals surface area contributed by atoms with Gasteiger partial charge < -0.3 is 0 Å². The molecule has 40 valence electrons. The van der Waals surface area contributed by atoms with Gasteiger partial charge in [0.15, 0.2) is 0 Å². The van der Waals surface area contributed by atoms with Crippen molar-refractivity contribution in [3.8, 4) is 0 Å². The minimum atomic E-state index is -0.808. The summed E-state index contributed by atoms with van der Waals surface area (Å²) in [6, 6.07) is 0. The summed E-state index contributed by atoms with van der Waals surface area (Å²) in [6.07, 6.45) is -0.340. The molecular formula is C5H7FO. The molecule has 0 aromatic carbocycles. The first-order valence-corrected chi connectivity index (χ1v) is 2.36. The topological polar surface area (TPSA) is 17.1 Å². The maximum Gasteiger partial charge on any atom is 0.135 e. The maximum atomic E-state index is 11.8. The van der Waals surface area contributed by atoms with Crippen molar-refractivity contribution in [2.45, 2.75) is 19.5 Å². The minimum absolute atomic E-state index is 0.00694. The quantitative estimate of drug-likeness (QED) is 0.481. The molecule has 0 aliphatic heterocycles. The smallest absolute Gasteiger partial charge is 0.135 e. The van der Waals surface area contributed by atoms with Crippen LogP contribution in [0.5, 0.6) is 0 Å². The summed E-state index contributed by atoms with van der Waals surface area (Å²) in [6.45, 7) is 1.43. The van der Waals surface area contributed by atoms with E-state index in [4.69, 9.17) is 0 Å². The number of carbonyl (C=O) groups is 1. The standard InChI is InChI=1S/C5H7FO/c1-3(7)4-2-5(4)6/h4-5H,2H2,1H3. The number of rotatable bonds is 1. The number of hydrogen-bond acceptors (Lipinski definition) is 1. The van der Waals surface area contributed by atoms with E-state index in [0.29, 0.717) is 6.42 Å². The Labute approximate surface area is 41.5 Å². The van der Waals surface area contributed by atoms with Gasteiger partial charge in [0, 0.05) is 0 Å². The van der Waals surface area contributed by atoms with Crippen LogP contribution < -0.4 is 0 Å². The number of hydrogen-bond donors (Lipinski definition) is 0. The normalized spacial score (nSPS) is 38.0. The number of halogens is 1. The molecule has 7 heavy (non-hydrogen) atoms. The van der Waals surface area contributed by atoms with Crippen molar-refractivity contribution >= 4 is 5.78 Å². The largest absolute Gasteiger partial charge is 0.300 e. The zero-order chi connectivity index (χ0) is 5.44. The van der Waals surface area contributed by atoms with E-state index in [-0.39, 0.29) is 11.7 Å². The highest BCUT2D eigenvalue weighted by Crippen LogP contribution is 2.33. The fraction of sp³-hybridized carbons (Fsp3) is 0.800. The Kier molecular flexibility index (Phi) is 0.873. The minimum Gasteiger partial charge on any atom is -0.300 e. The van der Waals surface area contributed by atoms with Gasteiger partial charge in [-0.1, -0.05) is 0 Å². The van der Waals surface area contributed by atoms with Crippen LogP contribution in [0, 0.1) is 5.92 Å². The van der Waals surface area contributed by atoms with Gasteiger partial charge in [0.25, 0.3) is 0 Å². The SMILES string of the molecule is CC(=O)C1CC1F. The monoisotopic (exact) mass is 102 g/mol. The Hall–Kier alpha value is -0.400. The Morgan fingerprint density at radius 2 is 2.29 bits per heavy atom. The average molecular weight is 102 g/mol. The molecule has 0 heterocycles. The molecule has 0 N–H and O–H groups in total. The van der Waals surface area contributed by atoms with E-state index in [2.05, 4.69) is 0 Å². The number of carbonyl (C=O) groups excluding carboxylic acids is 1. The summed E-state index contributed by atoms with van der Waals surface area (Å²) in [5.41, 5.74) is 0. The molecule has 2 heteroatoms. The second-order valence-corrected chi connectivity index (χ2v) is 1.97. The van der Waals surface area contributed by atoms with Gasteiger partial charge in [-0.15, -0.1) is 0 Å². The van der Waals surface area contributed by atoms with Crippen LogP contribution in [-0.2, 0) is 4.79 Å². The van der Waals surface area contributed by atoms with Crippen LogP contribution in [0.2, 0.25) is 0 Å². The predicted molar refractivity (Wildman–Crippen MR) is 23.7 cm³/mol. The van der Waals surface area contributed by atoms with Gasteiger partial charge >= 0.3 is 0 Å². The first kappa shape index (κ1) is 4.75. The molecule has 1 saturated carbocycles. The molecule has 0 saturated heterocycles. The fourth-order valence-electron chi connectivity index (χ4n) is 0.585. The van der Waals surface area contributed by atoms with Crippen molar-refractivity contribution in [2.24, 2.45) is 5.92 Å². The van der Waals surface area contributed by atoms with E-state index < -0.39 is 6.17 Å². The van der Waals surface area contributed by atoms with Crippen LogP contribution in [0.1, 0.15) is 13.3 Å². The third-order valence-electron chi connectivity index (χ3n) is 1.23. The molecule has 0 aromatic heterocycles. The summed E-state index contributed by atoms with van der Waals surface area (Å²) in [5, 5.41) is 0. The second kappa shape index (κ2) is 1.29. The van der Waals surface area contributed by atoms with Gasteiger partial charge in [-0.3, -0.25) is 4.79 Å². The van der Waals surface area contributed by atoms with E-state index in [0.717, 1.165) is 0 Å². The highest BCUT2D eigenvalue weighted by molar-refractivity contribution is 5.81. The summed E-state index contributed by atoms with van der Waals surface area (Å²) < 4.78 is 11.8. The van der Waals surface area contributed by atoms with E-state index in [1.54, 1.807) is 0 Å². The van der Waals surface area contributed by atoms with Gasteiger partial charge in [-0.05, 0) is 13.3 Å². The molecule has 1 nitrogen and oxygen atoms in total. The summed E-state index contributed by atoms with van der Waals surface area (Å²) >= 11 is 0. The van der Waals surface area contributed by atoms with Gasteiger partial charge in [0.2, 0.25) is 0 Å². The summed E-state index contributed by atoms with van der Waals surface area (Å²) in [5.74, 6) is -0.243. The Bertz CT molecular complexity index is 100. The summed E-state index contributed by atoms with van der Waals surface area (Å²) in [4.78, 5) is 10.2. The van der Waals surface area contributed by atoms with E-state index in [1.807, 2.05) is 0 Å². The van der Waals surface area contributed by atoms with Gasteiger partial charge in [-0.25, -0.2) is 4.39 Å². The van der Waals surface area contributed by atoms with Crippen LogP contribution >= 0.6 is 0 Å². The average Bonchev–Trinajstić information content (AvgIpc) is 2.17. The molecule has 1 fully saturated rings. The first-order valence-electron chi connectivity index (χ1n) is 2.36. The molecule has 2 unspecified atom stereocenters. The van der Waals surface area contributed by atoms with Crippen molar-refractivity contribution in [3.63, 3.8) is 0 Å². The molecule has 1 rings (SSSR count). The molecule has 1 aliphatic rings. The molecular weight excluding hydrogens is 95.1 g/mol. The van der Waals surface area contributed by atoms with Crippen LogP contribution in [-0.4, -0.2) is 12.0 Å². The lowest BCUT2D eigenvalue weighted by Crippen LogP contribution is -1.93. The highest BCUT2D eigenvalue weighted by atomic mass is 19.1. The summed E-state index contributed by atoms with van der Waals surface area (Å²) in [7, 11) is 0. The Morgan fingerprint density at radius 3 is 2.29 bits per heavy atom. The molecule has 0 amide bonds. The molecule has 0 radical (unpaired) electrons. The van der Waals surface area contributed by atoms with Crippen LogP contribution in [0.25, 0.3) is 0 Å². The van der Waals surface area contributed by atoms with E-state index in [1.165, 1.54) is 6.92 Å². The fourth-order valence-corrected chi connectivity index (χ4v) is 0.585. The number of alkyl halides is 1. The lowest BCUT2D eigenvalue weighted by Gasteiger charge is -1.78. The third kappa shape index (κ3) is 0.787. The second-order valence-electron chi connectivity index (χ2n) is 1.97. The molecule has 0 aromatic rings. The van der Waals surface area contributed by atoms with Crippen molar-refractivity contribution in [1.29, 1.82) is 0 Å². The van der Waals surface area contributed by atoms with Gasteiger partial charge in [0.1, 0.15) is 12.0 Å². The van der Waals surface area contributed by atoms with Crippen LogP contribution in [0.3, 0.4) is 0 Å². The van der Waals surface area contributed by atoms with Crippen molar-refractivity contribution in [2.75, 3.05) is 0 Å². The maximum absolute atomic E-state index is 11.8. The van der Waals surface area contributed by atoms with Gasteiger partial charge in [-0.2, -0.15) is 0 Å². The lowest BCUT2D eigenvalue weighted by molar-refractivity contribution is -0.118. The van der Waals surface area contributed by atoms with Crippen molar-refractivity contribution in [1.82, 2.24) is 0 Å². The van der Waals surface area contributed by atoms with E-state index >= 15 is 0 Å². The molecule has 0 bridgehead atoms. The Morgan fingerprint density at radius 1 is 1.86 bits per heavy atom. The zero-order valence-corrected chi connectivity index (χ0v) is 4.15. The van der Waals surface area contributed by atoms with Gasteiger partial charge in [0.05, 0.1) is 5.92 Å². The molecule has 0 spiro atoms. The predicted octanol–water partition coefficient (Wildman–Crippen LogP) is 0.933. The lowest BCUT2D eigenvalue weighted by atomic mass is 10.3. The molecule has 1 aliphatic carbocycles. The first-order chi connectivity index (χ1) is 3.22. The number of ketones is 1. The molecule has 2 atom stereocenters. The zero-order valence-electron chi connectivity index (χ0n) is 4.15. The van der Waals surface area contributed by atoms with Crippen LogP contribution in [0.4, 0.5) is 4.39 Å². The highest BCUT2D eigenvalue weighted by Gasteiger charge is 2.40. The van der Waals surface area contributed by atoms with Crippen molar-refractivity contribution < 1.29 is 9.18 Å². The van der Waals surface area contributed by atoms with E-state index in [9.17, 15) is 9.18 Å². The van der Waals surface area contributed by atoms with Crippen LogP contribution in [0.15, 0.2) is 0 Å². The number of Topliss-reactive ketones (excluding diaryl/α,β-unsaturated/α-hetero) is 1. The van der Waals surface area contributed by atoms with Crippen molar-refractivity contribution in [3.05, 3.63) is 0 Å². The Balaban J connectivity index is 2.33. The third-order valence-corrected chi connectivity index (χ3v) is 1.23.